The molecule has 0 aliphatic carbocycles. The van der Waals surface area contributed by atoms with Gasteiger partial charge in [0.1, 0.15) is 0 Å². The molecule has 0 heterocycles. The Morgan fingerprint density at radius 1 is 1.38 bits per heavy atom. The zero-order valence-corrected chi connectivity index (χ0v) is 9.09. The molecule has 0 aromatic carbocycles. The standard InChI is InChI=1S/C10H18O6/c1-2-3-9(16-10(12)13)8-15-7-6-14-5-4-11/h2,9,11H,1,3-8H2,(H,12,13)/p-1. The van der Waals surface area contributed by atoms with E-state index in [2.05, 4.69) is 11.3 Å². The molecular formula is C10H17O6-. The van der Waals surface area contributed by atoms with E-state index in [1.54, 1.807) is 6.08 Å². The summed E-state index contributed by atoms with van der Waals surface area (Å²) >= 11 is 0. The summed E-state index contributed by atoms with van der Waals surface area (Å²) in [4.78, 5) is 10.2. The molecule has 1 N–H and O–H groups in total. The fourth-order valence-electron chi connectivity index (χ4n) is 0.971. The molecule has 0 spiro atoms. The Balaban J connectivity index is 3.51. The molecule has 0 saturated carbocycles. The van der Waals surface area contributed by atoms with Crippen LogP contribution >= 0.6 is 0 Å². The fraction of sp³-hybridized carbons (Fsp3) is 0.700. The first-order chi connectivity index (χ1) is 7.70. The second kappa shape index (κ2) is 10.4. The largest absolute Gasteiger partial charge is 0.544 e. The number of rotatable bonds is 10. The summed E-state index contributed by atoms with van der Waals surface area (Å²) in [6, 6.07) is 0. The summed E-state index contributed by atoms with van der Waals surface area (Å²) < 4.78 is 14.5. The van der Waals surface area contributed by atoms with Gasteiger partial charge in [-0.05, 0) is 6.42 Å². The molecule has 6 nitrogen and oxygen atoms in total. The number of carbonyl (C=O) groups is 1. The second-order valence-electron chi connectivity index (χ2n) is 2.93. The highest BCUT2D eigenvalue weighted by Gasteiger charge is 2.05. The van der Waals surface area contributed by atoms with Crippen molar-refractivity contribution in [2.45, 2.75) is 12.5 Å². The molecule has 16 heavy (non-hydrogen) atoms. The Labute approximate surface area is 94.4 Å². The van der Waals surface area contributed by atoms with Crippen LogP contribution in [-0.4, -0.2) is 50.4 Å². The highest BCUT2D eigenvalue weighted by atomic mass is 16.7. The van der Waals surface area contributed by atoms with Crippen molar-refractivity contribution in [2.24, 2.45) is 0 Å². The smallest absolute Gasteiger partial charge is 0.252 e. The third-order valence-corrected chi connectivity index (χ3v) is 1.60. The Hall–Kier alpha value is -1.11. The average molecular weight is 233 g/mol. The first-order valence-corrected chi connectivity index (χ1v) is 4.95. The van der Waals surface area contributed by atoms with Crippen LogP contribution in [0.5, 0.6) is 0 Å². The van der Waals surface area contributed by atoms with Crippen LogP contribution in [0.15, 0.2) is 12.7 Å². The lowest BCUT2D eigenvalue weighted by atomic mass is 10.3. The zero-order chi connectivity index (χ0) is 12.2. The molecule has 0 aromatic rings. The summed E-state index contributed by atoms with van der Waals surface area (Å²) in [5.74, 6) is 0. The summed E-state index contributed by atoms with van der Waals surface area (Å²) in [6.45, 7) is 4.48. The van der Waals surface area contributed by atoms with E-state index in [0.717, 1.165) is 0 Å². The number of aliphatic hydroxyl groups is 1. The second-order valence-corrected chi connectivity index (χ2v) is 2.93. The van der Waals surface area contributed by atoms with Crippen molar-refractivity contribution >= 4 is 6.16 Å². The number of carboxylic acid groups (broad SMARTS) is 1. The highest BCUT2D eigenvalue weighted by Crippen LogP contribution is 2.00. The van der Waals surface area contributed by atoms with E-state index in [0.29, 0.717) is 19.6 Å². The van der Waals surface area contributed by atoms with Crippen LogP contribution in [0.3, 0.4) is 0 Å². The van der Waals surface area contributed by atoms with Crippen molar-refractivity contribution in [3.63, 3.8) is 0 Å². The lowest BCUT2D eigenvalue weighted by Gasteiger charge is -2.20. The molecule has 0 rings (SSSR count). The number of hydrogen-bond acceptors (Lipinski definition) is 6. The number of carbonyl (C=O) groups excluding carboxylic acids is 1. The monoisotopic (exact) mass is 233 g/mol. The van der Waals surface area contributed by atoms with Gasteiger partial charge in [-0.25, -0.2) is 0 Å². The van der Waals surface area contributed by atoms with Crippen molar-refractivity contribution in [3.05, 3.63) is 12.7 Å². The van der Waals surface area contributed by atoms with E-state index in [9.17, 15) is 9.90 Å². The van der Waals surface area contributed by atoms with Crippen molar-refractivity contribution in [3.8, 4) is 0 Å². The number of aliphatic hydroxyl groups excluding tert-OH is 1. The normalized spacial score (nSPS) is 12.1. The van der Waals surface area contributed by atoms with Crippen molar-refractivity contribution in [1.29, 1.82) is 0 Å². The van der Waals surface area contributed by atoms with E-state index in [-0.39, 0.29) is 19.8 Å². The predicted molar refractivity (Wildman–Crippen MR) is 53.8 cm³/mol. The van der Waals surface area contributed by atoms with Crippen LogP contribution in [-0.2, 0) is 14.2 Å². The third kappa shape index (κ3) is 9.45. The summed E-state index contributed by atoms with van der Waals surface area (Å²) in [5.41, 5.74) is 0. The molecule has 0 saturated heterocycles. The van der Waals surface area contributed by atoms with Gasteiger partial charge in [-0.1, -0.05) is 6.08 Å². The van der Waals surface area contributed by atoms with Gasteiger partial charge in [-0.3, -0.25) is 0 Å². The van der Waals surface area contributed by atoms with Gasteiger partial charge >= 0.3 is 0 Å². The van der Waals surface area contributed by atoms with Crippen LogP contribution in [0.4, 0.5) is 4.79 Å². The Morgan fingerprint density at radius 2 is 2.06 bits per heavy atom. The van der Waals surface area contributed by atoms with Gasteiger partial charge in [0.2, 0.25) is 0 Å². The lowest BCUT2D eigenvalue weighted by Crippen LogP contribution is -2.31. The minimum Gasteiger partial charge on any atom is -0.544 e. The van der Waals surface area contributed by atoms with Crippen LogP contribution in [0, 0.1) is 0 Å². The van der Waals surface area contributed by atoms with Gasteiger partial charge in [0.05, 0.1) is 39.1 Å². The SMILES string of the molecule is C=CCC(COCCOCCO)OC(=O)[O-]. The van der Waals surface area contributed by atoms with Gasteiger partial charge in [-0.2, -0.15) is 0 Å². The van der Waals surface area contributed by atoms with Crippen LogP contribution in [0.25, 0.3) is 0 Å². The maximum atomic E-state index is 10.2. The minimum atomic E-state index is -1.58. The first kappa shape index (κ1) is 14.9. The van der Waals surface area contributed by atoms with Crippen LogP contribution in [0.1, 0.15) is 6.42 Å². The average Bonchev–Trinajstić information content (AvgIpc) is 2.22. The van der Waals surface area contributed by atoms with Gasteiger partial charge in [0, 0.05) is 0 Å². The van der Waals surface area contributed by atoms with Gasteiger partial charge in [0.15, 0.2) is 0 Å². The van der Waals surface area contributed by atoms with Gasteiger partial charge in [0.25, 0.3) is 6.16 Å². The van der Waals surface area contributed by atoms with E-state index in [1.165, 1.54) is 0 Å². The molecule has 0 bridgehead atoms. The predicted octanol–water partition coefficient (Wildman–Crippen LogP) is -0.683. The molecule has 0 aromatic heterocycles. The number of ether oxygens (including phenoxy) is 3. The molecule has 0 aliphatic heterocycles. The zero-order valence-electron chi connectivity index (χ0n) is 9.09. The molecule has 6 heteroatoms. The quantitative estimate of drug-likeness (QED) is 0.305. The molecule has 0 fully saturated rings. The molecule has 94 valence electrons. The Bertz CT molecular complexity index is 194. The molecule has 0 radical (unpaired) electrons. The van der Waals surface area contributed by atoms with Crippen molar-refractivity contribution in [2.75, 3.05) is 33.0 Å². The Morgan fingerprint density at radius 3 is 2.62 bits per heavy atom. The number of hydrogen-bond donors (Lipinski definition) is 1. The lowest BCUT2D eigenvalue weighted by molar-refractivity contribution is -0.288. The van der Waals surface area contributed by atoms with Crippen LogP contribution in [0.2, 0.25) is 0 Å². The molecule has 0 aliphatic rings. The molecule has 1 atom stereocenters. The van der Waals surface area contributed by atoms with Crippen molar-refractivity contribution in [1.82, 2.24) is 0 Å². The first-order valence-electron chi connectivity index (χ1n) is 4.95. The summed E-state index contributed by atoms with van der Waals surface area (Å²) in [5, 5.41) is 18.6. The molecule has 0 amide bonds. The van der Waals surface area contributed by atoms with Gasteiger partial charge < -0.3 is 29.2 Å². The highest BCUT2D eigenvalue weighted by molar-refractivity contribution is 5.54. The maximum Gasteiger partial charge on any atom is 0.252 e. The molecule has 1 unspecified atom stereocenters. The summed E-state index contributed by atoms with van der Waals surface area (Å²) in [7, 11) is 0. The minimum absolute atomic E-state index is 0.0348. The van der Waals surface area contributed by atoms with E-state index in [1.807, 2.05) is 0 Å². The van der Waals surface area contributed by atoms with Gasteiger partial charge in [-0.15, -0.1) is 6.58 Å². The van der Waals surface area contributed by atoms with E-state index < -0.39 is 12.3 Å². The third-order valence-electron chi connectivity index (χ3n) is 1.60. The van der Waals surface area contributed by atoms with Crippen LogP contribution < -0.4 is 5.11 Å². The fourth-order valence-corrected chi connectivity index (χ4v) is 0.971. The maximum absolute atomic E-state index is 10.2. The Kier molecular flexibility index (Phi) is 9.69. The summed E-state index contributed by atoms with van der Waals surface area (Å²) in [6.07, 6.45) is -0.266. The van der Waals surface area contributed by atoms with E-state index >= 15 is 0 Å². The van der Waals surface area contributed by atoms with Crippen molar-refractivity contribution < 1.29 is 29.2 Å². The topological polar surface area (TPSA) is 88.1 Å². The van der Waals surface area contributed by atoms with E-state index in [4.69, 9.17) is 14.6 Å². The molecular weight excluding hydrogens is 216 g/mol.